The van der Waals surface area contributed by atoms with Crippen LogP contribution in [-0.4, -0.2) is 4.98 Å². The Hall–Kier alpha value is -1.26. The number of pyridine rings is 1. The number of halogens is 2. The van der Waals surface area contributed by atoms with E-state index < -0.39 is 0 Å². The molecule has 2 nitrogen and oxygen atoms in total. The maximum absolute atomic E-state index is 13.6. The average Bonchev–Trinajstić information content (AvgIpc) is 2.40. The molecule has 0 bridgehead atoms. The minimum atomic E-state index is -0.187. The van der Waals surface area contributed by atoms with Crippen molar-refractivity contribution in [3.05, 3.63) is 64.1 Å². The molecule has 0 fully saturated rings. The minimum absolute atomic E-state index is 0.159. The number of nitrogens with one attached hydrogen (secondary N) is 1. The summed E-state index contributed by atoms with van der Waals surface area (Å²) in [5.74, 6) is -0.187. The molecule has 0 aliphatic heterocycles. The Balaban J connectivity index is 2.01. The Morgan fingerprint density at radius 3 is 2.72 bits per heavy atom. The van der Waals surface area contributed by atoms with Crippen molar-refractivity contribution in [2.45, 2.75) is 19.5 Å². The lowest BCUT2D eigenvalue weighted by molar-refractivity contribution is 0.543. The van der Waals surface area contributed by atoms with Crippen molar-refractivity contribution in [3.8, 4) is 0 Å². The van der Waals surface area contributed by atoms with Gasteiger partial charge < -0.3 is 5.32 Å². The van der Waals surface area contributed by atoms with Gasteiger partial charge in [0.15, 0.2) is 0 Å². The Morgan fingerprint density at radius 1 is 1.28 bits per heavy atom. The van der Waals surface area contributed by atoms with Crippen molar-refractivity contribution in [1.29, 1.82) is 0 Å². The van der Waals surface area contributed by atoms with E-state index in [9.17, 15) is 4.39 Å². The first-order chi connectivity index (χ1) is 8.66. The van der Waals surface area contributed by atoms with E-state index in [2.05, 4.69) is 26.2 Å². The first-order valence-corrected chi connectivity index (χ1v) is 6.53. The number of hydrogen-bond acceptors (Lipinski definition) is 2. The molecule has 1 aromatic carbocycles. The van der Waals surface area contributed by atoms with Crippen molar-refractivity contribution < 1.29 is 4.39 Å². The normalized spacial score (nSPS) is 12.4. The quantitative estimate of drug-likeness (QED) is 0.928. The molecule has 1 heterocycles. The van der Waals surface area contributed by atoms with Crippen LogP contribution in [0.15, 0.2) is 47.2 Å². The molecule has 0 unspecified atom stereocenters. The van der Waals surface area contributed by atoms with Gasteiger partial charge in [-0.2, -0.15) is 0 Å². The zero-order valence-electron chi connectivity index (χ0n) is 10.0. The smallest absolute Gasteiger partial charge is 0.127 e. The first-order valence-electron chi connectivity index (χ1n) is 5.74. The van der Waals surface area contributed by atoms with Crippen LogP contribution in [0, 0.1) is 5.82 Å². The summed E-state index contributed by atoms with van der Waals surface area (Å²) in [5.41, 5.74) is 1.80. The van der Waals surface area contributed by atoms with Gasteiger partial charge in [-0.15, -0.1) is 0 Å². The zero-order valence-corrected chi connectivity index (χ0v) is 11.6. The van der Waals surface area contributed by atoms with Crippen LogP contribution < -0.4 is 5.32 Å². The predicted molar refractivity (Wildman–Crippen MR) is 73.6 cm³/mol. The van der Waals surface area contributed by atoms with Crippen molar-refractivity contribution in [2.75, 3.05) is 0 Å². The van der Waals surface area contributed by atoms with Gasteiger partial charge in [-0.1, -0.05) is 15.9 Å². The van der Waals surface area contributed by atoms with E-state index in [4.69, 9.17) is 0 Å². The minimum Gasteiger partial charge on any atom is -0.306 e. The van der Waals surface area contributed by atoms with E-state index in [1.165, 1.54) is 6.07 Å². The van der Waals surface area contributed by atoms with Crippen molar-refractivity contribution >= 4 is 15.9 Å². The lowest BCUT2D eigenvalue weighted by atomic mass is 10.1. The Kier molecular flexibility index (Phi) is 4.44. The highest BCUT2D eigenvalue weighted by Gasteiger charge is 2.07. The van der Waals surface area contributed by atoms with Gasteiger partial charge in [0.05, 0.1) is 0 Å². The van der Waals surface area contributed by atoms with Gasteiger partial charge >= 0.3 is 0 Å². The van der Waals surface area contributed by atoms with Gasteiger partial charge in [0.1, 0.15) is 5.82 Å². The summed E-state index contributed by atoms with van der Waals surface area (Å²) in [6, 6.07) is 9.03. The van der Waals surface area contributed by atoms with Crippen LogP contribution in [0.5, 0.6) is 0 Å². The van der Waals surface area contributed by atoms with Crippen molar-refractivity contribution in [3.63, 3.8) is 0 Å². The molecule has 0 amide bonds. The lowest BCUT2D eigenvalue weighted by Crippen LogP contribution is -2.18. The Morgan fingerprint density at radius 2 is 2.00 bits per heavy atom. The third-order valence-electron chi connectivity index (χ3n) is 2.81. The molecule has 4 heteroatoms. The van der Waals surface area contributed by atoms with E-state index in [0.29, 0.717) is 12.1 Å². The Labute approximate surface area is 114 Å². The second-order valence-electron chi connectivity index (χ2n) is 4.12. The van der Waals surface area contributed by atoms with Crippen molar-refractivity contribution in [2.24, 2.45) is 0 Å². The van der Waals surface area contributed by atoms with Gasteiger partial charge in [-0.05, 0) is 42.8 Å². The standard InChI is InChI=1S/C14H14BrFN2/c1-10(11-4-6-17-7-5-11)18-9-12-8-13(15)2-3-14(12)16/h2-8,10,18H,9H2,1H3/t10-/m0/s1. The highest BCUT2D eigenvalue weighted by Crippen LogP contribution is 2.17. The summed E-state index contributed by atoms with van der Waals surface area (Å²) in [7, 11) is 0. The number of rotatable bonds is 4. The Bertz CT molecular complexity index is 516. The summed E-state index contributed by atoms with van der Waals surface area (Å²) in [4.78, 5) is 3.98. The maximum atomic E-state index is 13.6. The number of benzene rings is 1. The molecule has 1 N–H and O–H groups in total. The van der Waals surface area contributed by atoms with Gasteiger partial charge in [0.25, 0.3) is 0 Å². The summed E-state index contributed by atoms with van der Waals surface area (Å²) in [6.45, 7) is 2.54. The van der Waals surface area contributed by atoms with E-state index in [1.807, 2.05) is 19.1 Å². The fourth-order valence-electron chi connectivity index (χ4n) is 1.71. The fraction of sp³-hybridized carbons (Fsp3) is 0.214. The third kappa shape index (κ3) is 3.37. The van der Waals surface area contributed by atoms with E-state index in [-0.39, 0.29) is 11.9 Å². The monoisotopic (exact) mass is 308 g/mol. The summed E-state index contributed by atoms with van der Waals surface area (Å²) in [6.07, 6.45) is 3.51. The molecule has 18 heavy (non-hydrogen) atoms. The van der Waals surface area contributed by atoms with Gasteiger partial charge in [-0.25, -0.2) is 4.39 Å². The van der Waals surface area contributed by atoms with Crippen LogP contribution in [0.1, 0.15) is 24.1 Å². The molecule has 0 radical (unpaired) electrons. The molecule has 0 saturated heterocycles. The molecule has 2 rings (SSSR count). The maximum Gasteiger partial charge on any atom is 0.127 e. The third-order valence-corrected chi connectivity index (χ3v) is 3.31. The summed E-state index contributed by atoms with van der Waals surface area (Å²) in [5, 5.41) is 3.29. The molecule has 1 aromatic heterocycles. The molecule has 0 spiro atoms. The molecular weight excluding hydrogens is 295 g/mol. The molecule has 2 aromatic rings. The SMILES string of the molecule is C[C@H](NCc1cc(Br)ccc1F)c1ccncc1. The van der Waals surface area contributed by atoms with Crippen LogP contribution in [0.3, 0.4) is 0 Å². The largest absolute Gasteiger partial charge is 0.306 e. The first kappa shape index (κ1) is 13.2. The van der Waals surface area contributed by atoms with E-state index >= 15 is 0 Å². The predicted octanol–water partition coefficient (Wildman–Crippen LogP) is 3.83. The van der Waals surface area contributed by atoms with E-state index in [1.54, 1.807) is 24.5 Å². The molecule has 94 valence electrons. The molecule has 0 aliphatic carbocycles. The van der Waals surface area contributed by atoms with Crippen LogP contribution in [0.2, 0.25) is 0 Å². The number of nitrogens with zero attached hydrogens (tertiary/aromatic N) is 1. The van der Waals surface area contributed by atoms with Crippen molar-refractivity contribution in [1.82, 2.24) is 10.3 Å². The van der Waals surface area contributed by atoms with Gasteiger partial charge in [-0.3, -0.25) is 4.98 Å². The summed E-state index contributed by atoms with van der Waals surface area (Å²) < 4.78 is 14.4. The van der Waals surface area contributed by atoms with Crippen LogP contribution in [0.25, 0.3) is 0 Å². The lowest BCUT2D eigenvalue weighted by Gasteiger charge is -2.14. The molecular formula is C14H14BrFN2. The average molecular weight is 309 g/mol. The number of aromatic nitrogens is 1. The van der Waals surface area contributed by atoms with Gasteiger partial charge in [0.2, 0.25) is 0 Å². The van der Waals surface area contributed by atoms with E-state index in [0.717, 1.165) is 10.0 Å². The highest BCUT2D eigenvalue weighted by atomic mass is 79.9. The van der Waals surface area contributed by atoms with Crippen LogP contribution >= 0.6 is 15.9 Å². The zero-order chi connectivity index (χ0) is 13.0. The number of hydrogen-bond donors (Lipinski definition) is 1. The summed E-state index contributed by atoms with van der Waals surface area (Å²) >= 11 is 3.35. The second kappa shape index (κ2) is 6.07. The molecule has 0 saturated carbocycles. The molecule has 0 aliphatic rings. The topological polar surface area (TPSA) is 24.9 Å². The highest BCUT2D eigenvalue weighted by molar-refractivity contribution is 9.10. The van der Waals surface area contributed by atoms with Crippen LogP contribution in [-0.2, 0) is 6.54 Å². The fourth-order valence-corrected chi connectivity index (χ4v) is 2.12. The van der Waals surface area contributed by atoms with Gasteiger partial charge in [0, 0.05) is 35.0 Å². The van der Waals surface area contributed by atoms with Crippen LogP contribution in [0.4, 0.5) is 4.39 Å². The molecule has 1 atom stereocenters. The second-order valence-corrected chi connectivity index (χ2v) is 5.03.